The number of fused-ring (bicyclic) bond motifs is 4. The number of amides is 1. The minimum Gasteiger partial charge on any atom is -0.390 e. The van der Waals surface area contributed by atoms with Crippen molar-refractivity contribution in [1.82, 2.24) is 4.90 Å². The van der Waals surface area contributed by atoms with Crippen LogP contribution in [0.4, 0.5) is 0 Å². The van der Waals surface area contributed by atoms with Gasteiger partial charge in [0, 0.05) is 25.0 Å². The Morgan fingerprint density at radius 3 is 2.36 bits per heavy atom. The van der Waals surface area contributed by atoms with E-state index in [2.05, 4.69) is 34.6 Å². The molecule has 47 heavy (non-hydrogen) atoms. The SMILES string of the molecule is CO[C@@H]([C@H]1C[C@@H](C)[C@H]2[C@H](O1)[C@H](O)[C@@]1(C)[C@@H]3CC[C@H]4C(C)(C)[C@@H](OC5CN(C(=O)C(C)C)CCO5)CC[C@@]45C[C@@]35CC[C@]21C)C(C)(C)O. The molecule has 0 aromatic rings. The van der Waals surface area contributed by atoms with E-state index in [1.54, 1.807) is 21.0 Å². The monoisotopic (exact) mass is 659 g/mol. The summed E-state index contributed by atoms with van der Waals surface area (Å²) in [5, 5.41) is 23.5. The van der Waals surface area contributed by atoms with E-state index in [1.807, 2.05) is 18.7 Å². The molecule has 2 spiro atoms. The minimum absolute atomic E-state index is 0.00124. The molecule has 1 unspecified atom stereocenters. The van der Waals surface area contributed by atoms with Crippen molar-refractivity contribution in [2.45, 2.75) is 156 Å². The average molecular weight is 660 g/mol. The number of methoxy groups -OCH3 is 1. The van der Waals surface area contributed by atoms with Crippen LogP contribution >= 0.6 is 0 Å². The van der Waals surface area contributed by atoms with Crippen LogP contribution in [-0.4, -0.2) is 90.2 Å². The average Bonchev–Trinajstić information content (AvgIpc) is 3.62. The normalized spacial score (nSPS) is 50.9. The lowest BCUT2D eigenvalue weighted by atomic mass is 9.41. The summed E-state index contributed by atoms with van der Waals surface area (Å²) in [6, 6.07) is 0. The summed E-state index contributed by atoms with van der Waals surface area (Å²) in [6.45, 7) is 21.4. The number of nitrogens with zero attached hydrogens (tertiary/aromatic N) is 1. The lowest BCUT2D eigenvalue weighted by Gasteiger charge is -2.64. The number of aliphatic hydroxyl groups is 2. The Morgan fingerprint density at radius 1 is 1.02 bits per heavy atom. The lowest BCUT2D eigenvalue weighted by molar-refractivity contribution is -0.248. The Labute approximate surface area is 284 Å². The van der Waals surface area contributed by atoms with Crippen LogP contribution in [0, 0.1) is 56.7 Å². The number of rotatable bonds is 6. The van der Waals surface area contributed by atoms with Gasteiger partial charge in [-0.05, 0) is 111 Å². The fourth-order valence-electron chi connectivity index (χ4n) is 14.1. The molecule has 268 valence electrons. The minimum atomic E-state index is -1.03. The van der Waals surface area contributed by atoms with E-state index in [4.69, 9.17) is 18.9 Å². The Bertz CT molecular complexity index is 1230. The van der Waals surface area contributed by atoms with Crippen molar-refractivity contribution in [2.24, 2.45) is 56.7 Å². The molecule has 1 amide bonds. The third-order valence-electron chi connectivity index (χ3n) is 16.2. The van der Waals surface area contributed by atoms with Gasteiger partial charge in [-0.3, -0.25) is 4.79 Å². The number of carbonyl (C=O) groups excluding carboxylic acids is 1. The number of hydrogen-bond acceptors (Lipinski definition) is 7. The van der Waals surface area contributed by atoms with Crippen molar-refractivity contribution in [1.29, 1.82) is 0 Å². The third-order valence-corrected chi connectivity index (χ3v) is 16.2. The summed E-state index contributed by atoms with van der Waals surface area (Å²) in [6.07, 6.45) is 7.30. The lowest BCUT2D eigenvalue weighted by Crippen LogP contribution is -2.60. The predicted octanol–water partition coefficient (Wildman–Crippen LogP) is 5.81. The van der Waals surface area contributed by atoms with Crippen LogP contribution in [0.1, 0.15) is 114 Å². The molecular weight excluding hydrogens is 594 g/mol. The van der Waals surface area contributed by atoms with Crippen molar-refractivity contribution < 1.29 is 34.0 Å². The topological polar surface area (TPSA) is 97.7 Å². The molecule has 7 aliphatic rings. The van der Waals surface area contributed by atoms with Gasteiger partial charge in [-0.2, -0.15) is 0 Å². The zero-order chi connectivity index (χ0) is 34.1. The number of hydrogen-bond donors (Lipinski definition) is 2. The van der Waals surface area contributed by atoms with Gasteiger partial charge < -0.3 is 34.1 Å². The van der Waals surface area contributed by atoms with Gasteiger partial charge in [-0.25, -0.2) is 0 Å². The van der Waals surface area contributed by atoms with E-state index in [9.17, 15) is 15.0 Å². The molecule has 14 atom stereocenters. The molecule has 0 radical (unpaired) electrons. The van der Waals surface area contributed by atoms with Gasteiger partial charge >= 0.3 is 0 Å². The maximum Gasteiger partial charge on any atom is 0.225 e. The van der Waals surface area contributed by atoms with Crippen LogP contribution < -0.4 is 0 Å². The van der Waals surface area contributed by atoms with Crippen molar-refractivity contribution in [3.63, 3.8) is 0 Å². The van der Waals surface area contributed by atoms with Gasteiger partial charge in [0.05, 0.1) is 43.2 Å². The Kier molecular flexibility index (Phi) is 8.20. The van der Waals surface area contributed by atoms with Gasteiger partial charge in [0.1, 0.15) is 6.10 Å². The first-order valence-electron chi connectivity index (χ1n) is 19.0. The first-order chi connectivity index (χ1) is 21.9. The largest absolute Gasteiger partial charge is 0.390 e. The zero-order valence-corrected chi connectivity index (χ0v) is 31.0. The Hall–Kier alpha value is -0.770. The first kappa shape index (κ1) is 34.7. The highest BCUT2D eigenvalue weighted by Gasteiger charge is 2.84. The molecule has 0 aromatic heterocycles. The Morgan fingerprint density at radius 2 is 1.70 bits per heavy atom. The Balaban J connectivity index is 1.12. The molecule has 5 aliphatic carbocycles. The molecule has 2 N–H and O–H groups in total. The van der Waals surface area contributed by atoms with E-state index in [0.717, 1.165) is 25.7 Å². The van der Waals surface area contributed by atoms with E-state index in [0.29, 0.717) is 48.8 Å². The van der Waals surface area contributed by atoms with Crippen LogP contribution in [0.2, 0.25) is 0 Å². The number of morpholine rings is 1. The van der Waals surface area contributed by atoms with Crippen molar-refractivity contribution in [3.8, 4) is 0 Å². The zero-order valence-electron chi connectivity index (χ0n) is 31.0. The quantitative estimate of drug-likeness (QED) is 0.372. The van der Waals surface area contributed by atoms with Gasteiger partial charge in [-0.1, -0.05) is 48.5 Å². The summed E-state index contributed by atoms with van der Waals surface area (Å²) in [5.74, 6) is 1.87. The molecule has 2 aliphatic heterocycles. The maximum absolute atomic E-state index is 12.8. The summed E-state index contributed by atoms with van der Waals surface area (Å²) in [7, 11) is 1.66. The molecule has 8 nitrogen and oxygen atoms in total. The second-order valence-electron chi connectivity index (χ2n) is 19.2. The second-order valence-corrected chi connectivity index (χ2v) is 19.2. The fraction of sp³-hybridized carbons (Fsp3) is 0.974. The van der Waals surface area contributed by atoms with Crippen LogP contribution in [-0.2, 0) is 23.7 Å². The van der Waals surface area contributed by atoms with Crippen molar-refractivity contribution in [3.05, 3.63) is 0 Å². The first-order valence-corrected chi connectivity index (χ1v) is 19.0. The number of aliphatic hydroxyl groups excluding tert-OH is 1. The van der Waals surface area contributed by atoms with E-state index in [-0.39, 0.29) is 58.1 Å². The summed E-state index contributed by atoms with van der Waals surface area (Å²) in [5.41, 5.74) is -0.674. The third kappa shape index (κ3) is 4.62. The second kappa shape index (κ2) is 11.1. The summed E-state index contributed by atoms with van der Waals surface area (Å²) in [4.78, 5) is 14.7. The van der Waals surface area contributed by atoms with E-state index in [1.165, 1.54) is 25.7 Å². The molecule has 7 fully saturated rings. The smallest absolute Gasteiger partial charge is 0.225 e. The van der Waals surface area contributed by atoms with Crippen LogP contribution in [0.3, 0.4) is 0 Å². The highest BCUT2D eigenvalue weighted by Crippen LogP contribution is 2.89. The van der Waals surface area contributed by atoms with Crippen LogP contribution in [0.5, 0.6) is 0 Å². The molecule has 2 saturated heterocycles. The maximum atomic E-state index is 12.8. The molecule has 8 heteroatoms. The summed E-state index contributed by atoms with van der Waals surface area (Å²) >= 11 is 0. The number of carbonyl (C=O) groups is 1. The standard InChI is InChI=1S/C39H65NO7/c1-22(2)33(42)40-17-18-45-28(20-40)47-27-13-14-38-21-39(38)16-15-36(8)29-23(3)19-24(32(44-10)35(6,7)43)46-30(29)31(41)37(36,9)26(39)12-11-25(38)34(27,4)5/h22-32,41,43H,11-21H2,1-10H3/t23-,24-,25+,26+,27+,28?,29+,30+,31+,32+,36-,37-,38-,39+/m1/s1. The number of ether oxygens (including phenoxy) is 4. The van der Waals surface area contributed by atoms with Gasteiger partial charge in [0.2, 0.25) is 5.91 Å². The molecule has 0 bridgehead atoms. The van der Waals surface area contributed by atoms with Crippen molar-refractivity contribution >= 4 is 5.91 Å². The molecular formula is C39H65NO7. The molecule has 5 saturated carbocycles. The molecule has 2 heterocycles. The molecule has 7 rings (SSSR count). The van der Waals surface area contributed by atoms with E-state index >= 15 is 0 Å². The van der Waals surface area contributed by atoms with Crippen LogP contribution in [0.25, 0.3) is 0 Å². The summed E-state index contributed by atoms with van der Waals surface area (Å²) < 4.78 is 25.6. The van der Waals surface area contributed by atoms with Crippen molar-refractivity contribution in [2.75, 3.05) is 26.8 Å². The van der Waals surface area contributed by atoms with Gasteiger partial charge in [-0.15, -0.1) is 0 Å². The highest BCUT2D eigenvalue weighted by molar-refractivity contribution is 5.78. The highest BCUT2D eigenvalue weighted by atomic mass is 16.7. The van der Waals surface area contributed by atoms with Gasteiger partial charge in [0.15, 0.2) is 6.29 Å². The van der Waals surface area contributed by atoms with Crippen LogP contribution in [0.15, 0.2) is 0 Å². The predicted molar refractivity (Wildman–Crippen MR) is 179 cm³/mol. The fourth-order valence-corrected chi connectivity index (χ4v) is 14.1. The molecule has 0 aromatic carbocycles. The van der Waals surface area contributed by atoms with Gasteiger partial charge in [0.25, 0.3) is 0 Å². The van der Waals surface area contributed by atoms with E-state index < -0.39 is 17.8 Å².